The van der Waals surface area contributed by atoms with Gasteiger partial charge in [0.05, 0.1) is 0 Å². The van der Waals surface area contributed by atoms with Crippen LogP contribution in [-0.4, -0.2) is 27.2 Å². The van der Waals surface area contributed by atoms with Gasteiger partial charge in [0.2, 0.25) is 0 Å². The number of rotatable bonds is 1. The number of fused-ring (bicyclic) bond motifs is 1. The van der Waals surface area contributed by atoms with Gasteiger partial charge >= 0.3 is 5.97 Å². The molecule has 0 fully saturated rings. The summed E-state index contributed by atoms with van der Waals surface area (Å²) in [6, 6.07) is 0. The molecule has 0 unspecified atom stereocenters. The number of halogens is 2. The highest BCUT2D eigenvalue weighted by molar-refractivity contribution is 5.87. The zero-order chi connectivity index (χ0) is 10.3. The van der Waals surface area contributed by atoms with Gasteiger partial charge < -0.3 is 5.11 Å². The molecule has 0 spiro atoms. The highest BCUT2D eigenvalue weighted by atomic mass is 19.3. The molecule has 14 heavy (non-hydrogen) atoms. The van der Waals surface area contributed by atoms with Crippen molar-refractivity contribution in [3.8, 4) is 0 Å². The first-order valence-corrected chi connectivity index (χ1v) is 4.17. The zero-order valence-electron chi connectivity index (χ0n) is 7.18. The lowest BCUT2D eigenvalue weighted by atomic mass is 9.93. The van der Waals surface area contributed by atoms with Crippen LogP contribution in [0.2, 0.25) is 0 Å². The fourth-order valence-corrected chi connectivity index (χ4v) is 1.63. The molecular formula is C8H8F2N2O2. The van der Waals surface area contributed by atoms with Gasteiger partial charge in [-0.15, -0.1) is 0 Å². The van der Waals surface area contributed by atoms with E-state index in [1.165, 1.54) is 0 Å². The van der Waals surface area contributed by atoms with Crippen LogP contribution in [0.1, 0.15) is 28.2 Å². The fraction of sp³-hybridized carbons (Fsp3) is 0.500. The van der Waals surface area contributed by atoms with Crippen LogP contribution in [0.4, 0.5) is 8.78 Å². The van der Waals surface area contributed by atoms with Gasteiger partial charge in [0.25, 0.3) is 5.92 Å². The summed E-state index contributed by atoms with van der Waals surface area (Å²) in [5.41, 5.74) is 0.390. The molecule has 1 aliphatic rings. The number of aryl methyl sites for hydroxylation is 1. The number of carboxylic acid groups (broad SMARTS) is 1. The monoisotopic (exact) mass is 202 g/mol. The maximum atomic E-state index is 13.0. The first-order chi connectivity index (χ1) is 6.49. The summed E-state index contributed by atoms with van der Waals surface area (Å²) >= 11 is 0. The van der Waals surface area contributed by atoms with E-state index in [1.807, 2.05) is 0 Å². The van der Waals surface area contributed by atoms with Crippen molar-refractivity contribution in [2.75, 3.05) is 0 Å². The molecule has 4 nitrogen and oxygen atoms in total. The average Bonchev–Trinajstić information content (AvgIpc) is 2.44. The molecule has 1 aromatic rings. The largest absolute Gasteiger partial charge is 0.476 e. The normalized spacial score (nSPS) is 19.0. The van der Waals surface area contributed by atoms with Crippen molar-refractivity contribution in [1.82, 2.24) is 10.2 Å². The Balaban J connectivity index is 2.42. The second kappa shape index (κ2) is 2.76. The van der Waals surface area contributed by atoms with Gasteiger partial charge in [-0.2, -0.15) is 5.10 Å². The van der Waals surface area contributed by atoms with E-state index in [2.05, 4.69) is 10.2 Å². The molecule has 6 heteroatoms. The topological polar surface area (TPSA) is 66.0 Å². The molecule has 0 bridgehead atoms. The number of nitrogens with zero attached hydrogens (tertiary/aromatic N) is 1. The maximum Gasteiger partial charge on any atom is 0.356 e. The molecule has 0 amide bonds. The van der Waals surface area contributed by atoms with Crippen LogP contribution in [0.25, 0.3) is 0 Å². The van der Waals surface area contributed by atoms with Crippen LogP contribution in [0.3, 0.4) is 0 Å². The minimum absolute atomic E-state index is 0.147. The van der Waals surface area contributed by atoms with E-state index in [1.54, 1.807) is 0 Å². The summed E-state index contributed by atoms with van der Waals surface area (Å²) in [4.78, 5) is 10.6. The highest BCUT2D eigenvalue weighted by Gasteiger charge is 2.37. The van der Waals surface area contributed by atoms with Crippen LogP contribution >= 0.6 is 0 Å². The third kappa shape index (κ3) is 1.36. The summed E-state index contributed by atoms with van der Waals surface area (Å²) in [5.74, 6) is -4.07. The Labute approximate surface area is 77.9 Å². The Morgan fingerprint density at radius 2 is 2.29 bits per heavy atom. The number of hydrogen-bond acceptors (Lipinski definition) is 2. The van der Waals surface area contributed by atoms with E-state index < -0.39 is 18.3 Å². The molecule has 2 N–H and O–H groups in total. The number of aromatic carboxylic acids is 1. The van der Waals surface area contributed by atoms with Crippen LogP contribution in [-0.2, 0) is 12.8 Å². The van der Waals surface area contributed by atoms with E-state index in [4.69, 9.17) is 5.11 Å². The summed E-state index contributed by atoms with van der Waals surface area (Å²) in [7, 11) is 0. The van der Waals surface area contributed by atoms with E-state index in [0.29, 0.717) is 5.69 Å². The Kier molecular flexibility index (Phi) is 1.80. The number of carboxylic acids is 1. The van der Waals surface area contributed by atoms with Crippen LogP contribution in [0.5, 0.6) is 0 Å². The maximum absolute atomic E-state index is 13.0. The van der Waals surface area contributed by atoms with Crippen molar-refractivity contribution >= 4 is 5.97 Å². The number of aromatic nitrogens is 2. The third-order valence-corrected chi connectivity index (χ3v) is 2.33. The number of aromatic amines is 1. The number of nitrogens with one attached hydrogen (secondary N) is 1. The van der Waals surface area contributed by atoms with Crippen LogP contribution in [0, 0.1) is 0 Å². The predicted octanol–water partition coefficient (Wildman–Crippen LogP) is 1.23. The molecule has 1 heterocycles. The van der Waals surface area contributed by atoms with Crippen molar-refractivity contribution < 1.29 is 18.7 Å². The van der Waals surface area contributed by atoms with E-state index in [9.17, 15) is 13.6 Å². The van der Waals surface area contributed by atoms with Crippen molar-refractivity contribution in [2.45, 2.75) is 25.2 Å². The lowest BCUT2D eigenvalue weighted by Gasteiger charge is -2.21. The average molecular weight is 202 g/mol. The summed E-state index contributed by atoms with van der Waals surface area (Å²) in [6.45, 7) is 0. The lowest BCUT2D eigenvalue weighted by molar-refractivity contribution is -0.0126. The highest BCUT2D eigenvalue weighted by Crippen LogP contribution is 2.33. The smallest absolute Gasteiger partial charge is 0.356 e. The molecule has 0 aromatic carbocycles. The van der Waals surface area contributed by atoms with Gasteiger partial charge in [-0.05, 0) is 6.42 Å². The van der Waals surface area contributed by atoms with Crippen LogP contribution in [0.15, 0.2) is 0 Å². The van der Waals surface area contributed by atoms with Crippen molar-refractivity contribution in [1.29, 1.82) is 0 Å². The Hall–Kier alpha value is -1.46. The Morgan fingerprint density at radius 1 is 1.57 bits per heavy atom. The van der Waals surface area contributed by atoms with E-state index in [-0.39, 0.29) is 24.1 Å². The molecule has 2 rings (SSSR count). The van der Waals surface area contributed by atoms with E-state index >= 15 is 0 Å². The minimum atomic E-state index is -2.80. The molecule has 0 atom stereocenters. The second-order valence-electron chi connectivity index (χ2n) is 3.37. The Bertz CT molecular complexity index is 387. The fourth-order valence-electron chi connectivity index (χ4n) is 1.63. The van der Waals surface area contributed by atoms with E-state index in [0.717, 1.165) is 0 Å². The summed E-state index contributed by atoms with van der Waals surface area (Å²) < 4.78 is 25.9. The number of carbonyl (C=O) groups is 1. The first kappa shape index (κ1) is 9.11. The zero-order valence-corrected chi connectivity index (χ0v) is 7.18. The SMILES string of the molecule is O=C(O)c1n[nH]c2c1CC(F)(F)CC2. The third-order valence-electron chi connectivity index (χ3n) is 2.33. The quantitative estimate of drug-likeness (QED) is 0.719. The van der Waals surface area contributed by atoms with Gasteiger partial charge in [-0.25, -0.2) is 13.6 Å². The van der Waals surface area contributed by atoms with Gasteiger partial charge in [-0.1, -0.05) is 0 Å². The standard InChI is InChI=1S/C8H8F2N2O2/c9-8(10)2-1-5-4(3-8)6(7(13)14)12-11-5/h1-3H2,(H,11,12)(H,13,14). The number of alkyl halides is 2. The molecule has 0 radical (unpaired) electrons. The van der Waals surface area contributed by atoms with Crippen molar-refractivity contribution in [2.24, 2.45) is 0 Å². The minimum Gasteiger partial charge on any atom is -0.476 e. The molecule has 0 saturated heterocycles. The molecule has 76 valence electrons. The molecule has 1 aliphatic carbocycles. The molecular weight excluding hydrogens is 194 g/mol. The van der Waals surface area contributed by atoms with Crippen LogP contribution < -0.4 is 0 Å². The predicted molar refractivity (Wildman–Crippen MR) is 42.5 cm³/mol. The molecule has 1 aromatic heterocycles. The number of hydrogen-bond donors (Lipinski definition) is 2. The first-order valence-electron chi connectivity index (χ1n) is 4.17. The Morgan fingerprint density at radius 3 is 2.93 bits per heavy atom. The summed E-state index contributed by atoms with van der Waals surface area (Å²) in [5, 5.41) is 14.7. The van der Waals surface area contributed by atoms with Crippen molar-refractivity contribution in [3.05, 3.63) is 17.0 Å². The summed E-state index contributed by atoms with van der Waals surface area (Å²) in [6.07, 6.45) is -0.621. The van der Waals surface area contributed by atoms with Gasteiger partial charge in [0, 0.05) is 24.1 Å². The second-order valence-corrected chi connectivity index (χ2v) is 3.37. The van der Waals surface area contributed by atoms with Crippen molar-refractivity contribution in [3.63, 3.8) is 0 Å². The van der Waals surface area contributed by atoms with Gasteiger partial charge in [0.1, 0.15) is 0 Å². The molecule has 0 saturated carbocycles. The van der Waals surface area contributed by atoms with Gasteiger partial charge in [0.15, 0.2) is 5.69 Å². The lowest BCUT2D eigenvalue weighted by Crippen LogP contribution is -2.26. The number of H-pyrrole nitrogens is 1. The van der Waals surface area contributed by atoms with Gasteiger partial charge in [-0.3, -0.25) is 5.10 Å². The molecule has 0 aliphatic heterocycles.